The minimum Gasteiger partial charge on any atom is -0.454 e. The van der Waals surface area contributed by atoms with Crippen LogP contribution in [0.4, 0.5) is 11.5 Å². The summed E-state index contributed by atoms with van der Waals surface area (Å²) in [5, 5.41) is 16.8. The molecule has 0 unspecified atom stereocenters. The fourth-order valence-electron chi connectivity index (χ4n) is 2.46. The first-order valence-corrected chi connectivity index (χ1v) is 8.17. The fourth-order valence-corrected chi connectivity index (χ4v) is 2.59. The van der Waals surface area contributed by atoms with E-state index in [1.54, 1.807) is 24.3 Å². The lowest BCUT2D eigenvalue weighted by molar-refractivity contribution is 0.0946. The Morgan fingerprint density at radius 3 is 2.77 bits per heavy atom. The van der Waals surface area contributed by atoms with Crippen LogP contribution >= 0.6 is 11.6 Å². The summed E-state index contributed by atoms with van der Waals surface area (Å²) < 4.78 is 10.6. The average molecular weight is 372 g/mol. The molecule has 0 aliphatic carbocycles. The van der Waals surface area contributed by atoms with Crippen LogP contribution in [-0.2, 0) is 6.54 Å². The molecule has 1 aromatic heterocycles. The van der Waals surface area contributed by atoms with E-state index >= 15 is 0 Å². The molecule has 2 heterocycles. The maximum Gasteiger partial charge on any atom is 0.275 e. The molecule has 0 spiro atoms. The standard InChI is InChI=1S/C17H14ClN5O3/c18-11-2-4-12(5-3-11)20-16-15(21-23-22-16)17(24)19-8-10-1-6-13-14(7-10)26-9-25-13/h1-7H,8-9H2,(H,19,24)(H2,20,21,22,23). The lowest BCUT2D eigenvalue weighted by Gasteiger charge is -2.07. The van der Waals surface area contributed by atoms with Gasteiger partial charge in [-0.3, -0.25) is 4.79 Å². The van der Waals surface area contributed by atoms with Crippen molar-refractivity contribution < 1.29 is 14.3 Å². The molecule has 0 saturated carbocycles. The summed E-state index contributed by atoms with van der Waals surface area (Å²) in [5.74, 6) is 1.35. The van der Waals surface area contributed by atoms with E-state index in [-0.39, 0.29) is 18.4 Å². The molecule has 3 N–H and O–H groups in total. The van der Waals surface area contributed by atoms with Crippen LogP contribution in [0.3, 0.4) is 0 Å². The van der Waals surface area contributed by atoms with E-state index in [4.69, 9.17) is 21.1 Å². The van der Waals surface area contributed by atoms with Crippen LogP contribution in [-0.4, -0.2) is 28.1 Å². The highest BCUT2D eigenvalue weighted by atomic mass is 35.5. The lowest BCUT2D eigenvalue weighted by atomic mass is 10.2. The number of aromatic nitrogens is 3. The molecule has 8 nitrogen and oxygen atoms in total. The van der Waals surface area contributed by atoms with Gasteiger partial charge in [-0.25, -0.2) is 0 Å². The number of H-pyrrole nitrogens is 1. The van der Waals surface area contributed by atoms with E-state index in [1.807, 2.05) is 18.2 Å². The third kappa shape index (κ3) is 3.40. The maximum absolute atomic E-state index is 12.4. The summed E-state index contributed by atoms with van der Waals surface area (Å²) in [6.45, 7) is 0.534. The van der Waals surface area contributed by atoms with E-state index in [9.17, 15) is 4.79 Å². The number of rotatable bonds is 5. The molecule has 0 atom stereocenters. The summed E-state index contributed by atoms with van der Waals surface area (Å²) in [4.78, 5) is 12.4. The second-order valence-electron chi connectivity index (χ2n) is 5.52. The summed E-state index contributed by atoms with van der Waals surface area (Å²) in [6, 6.07) is 12.6. The van der Waals surface area contributed by atoms with Crippen molar-refractivity contribution >= 4 is 29.0 Å². The zero-order valence-electron chi connectivity index (χ0n) is 13.5. The van der Waals surface area contributed by atoms with Gasteiger partial charge in [-0.05, 0) is 42.0 Å². The Labute approximate surface area is 153 Å². The van der Waals surface area contributed by atoms with Gasteiger partial charge in [-0.15, -0.1) is 10.2 Å². The number of amides is 1. The quantitative estimate of drug-likeness (QED) is 0.637. The van der Waals surface area contributed by atoms with Crippen LogP contribution in [0.2, 0.25) is 5.02 Å². The van der Waals surface area contributed by atoms with Crippen molar-refractivity contribution in [1.82, 2.24) is 20.7 Å². The predicted octanol–water partition coefficient (Wildman–Crippen LogP) is 2.86. The number of nitrogens with zero attached hydrogens (tertiary/aromatic N) is 2. The van der Waals surface area contributed by atoms with Crippen LogP contribution in [0.1, 0.15) is 16.1 Å². The predicted molar refractivity (Wildman–Crippen MR) is 94.9 cm³/mol. The van der Waals surface area contributed by atoms with Crippen molar-refractivity contribution in [3.63, 3.8) is 0 Å². The van der Waals surface area contributed by atoms with Crippen LogP contribution < -0.4 is 20.1 Å². The molecule has 0 bridgehead atoms. The molecule has 26 heavy (non-hydrogen) atoms. The molecule has 132 valence electrons. The van der Waals surface area contributed by atoms with E-state index in [2.05, 4.69) is 26.0 Å². The number of carbonyl (C=O) groups is 1. The molecule has 1 aliphatic heterocycles. The highest BCUT2D eigenvalue weighted by molar-refractivity contribution is 6.30. The van der Waals surface area contributed by atoms with Crippen LogP contribution in [0.15, 0.2) is 42.5 Å². The number of hydrogen-bond acceptors (Lipinski definition) is 6. The Morgan fingerprint density at radius 1 is 1.12 bits per heavy atom. The van der Waals surface area contributed by atoms with Gasteiger partial charge in [-0.2, -0.15) is 5.21 Å². The van der Waals surface area contributed by atoms with Crippen molar-refractivity contribution in [2.75, 3.05) is 12.1 Å². The van der Waals surface area contributed by atoms with Gasteiger partial charge in [0.1, 0.15) is 0 Å². The SMILES string of the molecule is O=C(NCc1ccc2c(c1)OCO2)c1n[nH]nc1Nc1ccc(Cl)cc1. The molecule has 1 amide bonds. The van der Waals surface area contributed by atoms with Gasteiger partial charge in [0.15, 0.2) is 23.0 Å². The smallest absolute Gasteiger partial charge is 0.275 e. The number of aromatic amines is 1. The first-order chi connectivity index (χ1) is 12.7. The Balaban J connectivity index is 1.42. The lowest BCUT2D eigenvalue weighted by Crippen LogP contribution is -2.24. The van der Waals surface area contributed by atoms with E-state index < -0.39 is 0 Å². The summed E-state index contributed by atoms with van der Waals surface area (Å²) >= 11 is 5.87. The van der Waals surface area contributed by atoms with Gasteiger partial charge in [0.05, 0.1) is 0 Å². The molecule has 4 rings (SSSR count). The van der Waals surface area contributed by atoms with Crippen molar-refractivity contribution in [3.05, 3.63) is 58.7 Å². The van der Waals surface area contributed by atoms with Crippen LogP contribution in [0.5, 0.6) is 11.5 Å². The third-order valence-corrected chi connectivity index (χ3v) is 4.01. The van der Waals surface area contributed by atoms with Crippen molar-refractivity contribution in [2.45, 2.75) is 6.54 Å². The van der Waals surface area contributed by atoms with E-state index in [0.29, 0.717) is 28.9 Å². The molecular weight excluding hydrogens is 358 g/mol. The minimum atomic E-state index is -0.354. The topological polar surface area (TPSA) is 101 Å². The Morgan fingerprint density at radius 2 is 1.92 bits per heavy atom. The van der Waals surface area contributed by atoms with Crippen molar-refractivity contribution in [2.24, 2.45) is 0 Å². The minimum absolute atomic E-state index is 0.167. The number of carbonyl (C=O) groups excluding carboxylic acids is 1. The van der Waals surface area contributed by atoms with E-state index in [1.165, 1.54) is 0 Å². The maximum atomic E-state index is 12.4. The monoisotopic (exact) mass is 371 g/mol. The van der Waals surface area contributed by atoms with Gasteiger partial charge in [-0.1, -0.05) is 17.7 Å². The number of nitrogens with one attached hydrogen (secondary N) is 3. The molecule has 0 saturated heterocycles. The zero-order valence-corrected chi connectivity index (χ0v) is 14.2. The van der Waals surface area contributed by atoms with Crippen molar-refractivity contribution in [3.8, 4) is 11.5 Å². The number of ether oxygens (including phenoxy) is 2. The first-order valence-electron chi connectivity index (χ1n) is 7.79. The average Bonchev–Trinajstić information content (AvgIpc) is 3.30. The zero-order chi connectivity index (χ0) is 17.9. The normalized spacial score (nSPS) is 12.0. The largest absolute Gasteiger partial charge is 0.454 e. The molecular formula is C17H14ClN5O3. The van der Waals surface area contributed by atoms with Gasteiger partial charge < -0.3 is 20.1 Å². The summed E-state index contributed by atoms with van der Waals surface area (Å²) in [5.41, 5.74) is 1.80. The number of hydrogen-bond donors (Lipinski definition) is 3. The number of benzene rings is 2. The Hall–Kier alpha value is -3.26. The number of halogens is 1. The second kappa shape index (κ2) is 6.93. The first kappa shape index (κ1) is 16.2. The molecule has 0 radical (unpaired) electrons. The molecule has 0 fully saturated rings. The molecule has 3 aromatic rings. The van der Waals surface area contributed by atoms with Gasteiger partial charge >= 0.3 is 0 Å². The summed E-state index contributed by atoms with van der Waals surface area (Å²) in [7, 11) is 0. The Bertz CT molecular complexity index is 942. The van der Waals surface area contributed by atoms with Crippen molar-refractivity contribution in [1.29, 1.82) is 0 Å². The molecule has 1 aliphatic rings. The third-order valence-electron chi connectivity index (χ3n) is 3.76. The van der Waals surface area contributed by atoms with Crippen LogP contribution in [0, 0.1) is 0 Å². The van der Waals surface area contributed by atoms with E-state index in [0.717, 1.165) is 11.3 Å². The van der Waals surface area contributed by atoms with Gasteiger partial charge in [0, 0.05) is 17.3 Å². The molecule has 2 aromatic carbocycles. The Kier molecular flexibility index (Phi) is 4.32. The number of anilines is 2. The highest BCUT2D eigenvalue weighted by Crippen LogP contribution is 2.32. The fraction of sp³-hybridized carbons (Fsp3) is 0.118. The van der Waals surface area contributed by atoms with Gasteiger partial charge in [0.2, 0.25) is 6.79 Å². The molecule has 9 heteroatoms. The second-order valence-corrected chi connectivity index (χ2v) is 5.96. The van der Waals surface area contributed by atoms with Gasteiger partial charge in [0.25, 0.3) is 5.91 Å². The number of fused-ring (bicyclic) bond motifs is 1. The van der Waals surface area contributed by atoms with Crippen LogP contribution in [0.25, 0.3) is 0 Å². The highest BCUT2D eigenvalue weighted by Gasteiger charge is 2.18. The summed E-state index contributed by atoms with van der Waals surface area (Å²) in [6.07, 6.45) is 0.